The molecule has 0 unspecified atom stereocenters. The third kappa shape index (κ3) is 2.10. The minimum absolute atomic E-state index is 0.00787. The van der Waals surface area contributed by atoms with Crippen LogP contribution in [0, 0.1) is 5.82 Å². The van der Waals surface area contributed by atoms with E-state index in [1.54, 1.807) is 0 Å². The van der Waals surface area contributed by atoms with Crippen molar-refractivity contribution < 1.29 is 19.1 Å². The number of ketones is 1. The van der Waals surface area contributed by atoms with Crippen LogP contribution in [0.1, 0.15) is 10.4 Å². The second-order valence-corrected chi connectivity index (χ2v) is 3.64. The number of carbonyl (C=O) groups is 2. The molecule has 74 valence electrons. The molecule has 1 rings (SSSR count). The largest absolute Gasteiger partial charge is 0.475 e. The van der Waals surface area contributed by atoms with E-state index in [0.717, 1.165) is 12.1 Å². The van der Waals surface area contributed by atoms with Crippen LogP contribution in [0.3, 0.4) is 0 Å². The Labute approximate surface area is 91.6 Å². The molecule has 0 heterocycles. The third-order valence-electron chi connectivity index (χ3n) is 1.45. The van der Waals surface area contributed by atoms with Crippen LogP contribution in [-0.4, -0.2) is 16.9 Å². The second-order valence-electron chi connectivity index (χ2n) is 2.38. The molecule has 0 saturated heterocycles. The number of carboxylic acids is 1. The molecule has 0 amide bonds. The summed E-state index contributed by atoms with van der Waals surface area (Å²) in [5, 5.41) is 8.18. The molecule has 6 heteroatoms. The van der Waals surface area contributed by atoms with Gasteiger partial charge in [-0.05, 0) is 28.1 Å². The van der Waals surface area contributed by atoms with Crippen molar-refractivity contribution in [1.82, 2.24) is 0 Å². The van der Waals surface area contributed by atoms with E-state index in [1.807, 2.05) is 0 Å². The van der Waals surface area contributed by atoms with Crippen molar-refractivity contribution in [3.63, 3.8) is 0 Å². The molecule has 1 N–H and O–H groups in total. The van der Waals surface area contributed by atoms with E-state index in [0.29, 0.717) is 0 Å². The lowest BCUT2D eigenvalue weighted by atomic mass is 10.1. The van der Waals surface area contributed by atoms with E-state index in [2.05, 4.69) is 15.9 Å². The Morgan fingerprint density at radius 2 is 2.00 bits per heavy atom. The van der Waals surface area contributed by atoms with Crippen molar-refractivity contribution in [2.75, 3.05) is 0 Å². The fraction of sp³-hybridized carbons (Fsp3) is 0. The van der Waals surface area contributed by atoms with E-state index < -0.39 is 17.6 Å². The van der Waals surface area contributed by atoms with Crippen molar-refractivity contribution in [2.45, 2.75) is 0 Å². The minimum Gasteiger partial charge on any atom is -0.475 e. The molecule has 0 spiro atoms. The quantitative estimate of drug-likeness (QED) is 0.515. The van der Waals surface area contributed by atoms with E-state index in [9.17, 15) is 14.0 Å². The zero-order valence-corrected chi connectivity index (χ0v) is 8.89. The normalized spacial score (nSPS) is 9.93. The van der Waals surface area contributed by atoms with Gasteiger partial charge in [0.25, 0.3) is 5.78 Å². The van der Waals surface area contributed by atoms with Crippen LogP contribution in [0.5, 0.6) is 0 Å². The Balaban J connectivity index is 3.29. The monoisotopic (exact) mass is 280 g/mol. The average molecular weight is 281 g/mol. The van der Waals surface area contributed by atoms with E-state index >= 15 is 0 Å². The number of Topliss-reactive ketones (excluding diaryl/α,β-unsaturated/α-hetero) is 1. The van der Waals surface area contributed by atoms with Gasteiger partial charge in [0.1, 0.15) is 5.82 Å². The van der Waals surface area contributed by atoms with Crippen molar-refractivity contribution in [1.29, 1.82) is 0 Å². The Kier molecular flexibility index (Phi) is 3.23. The highest BCUT2D eigenvalue weighted by Crippen LogP contribution is 2.24. The Hall–Kier alpha value is -0.940. The maximum Gasteiger partial charge on any atom is 0.377 e. The number of benzene rings is 1. The van der Waals surface area contributed by atoms with E-state index in [1.165, 1.54) is 0 Å². The molecule has 0 aromatic heterocycles. The first-order valence-electron chi connectivity index (χ1n) is 3.35. The summed E-state index contributed by atoms with van der Waals surface area (Å²) in [7, 11) is 0. The summed E-state index contributed by atoms with van der Waals surface area (Å²) in [5.74, 6) is -3.46. The smallest absolute Gasteiger partial charge is 0.377 e. The number of halogens is 3. The maximum absolute atomic E-state index is 12.8. The topological polar surface area (TPSA) is 54.4 Å². The first-order chi connectivity index (χ1) is 6.43. The zero-order valence-electron chi connectivity index (χ0n) is 6.55. The average Bonchev–Trinajstić information content (AvgIpc) is 2.10. The Morgan fingerprint density at radius 1 is 1.43 bits per heavy atom. The number of carbonyl (C=O) groups excluding carboxylic acids is 1. The number of carboxylic acid groups (broad SMARTS) is 1. The van der Waals surface area contributed by atoms with Gasteiger partial charge in [0.15, 0.2) is 0 Å². The lowest BCUT2D eigenvalue weighted by molar-refractivity contribution is -0.131. The molecule has 0 atom stereocenters. The van der Waals surface area contributed by atoms with Crippen LogP contribution in [0.2, 0.25) is 5.02 Å². The maximum atomic E-state index is 12.8. The van der Waals surface area contributed by atoms with Gasteiger partial charge in [-0.1, -0.05) is 11.6 Å². The van der Waals surface area contributed by atoms with Gasteiger partial charge in [-0.2, -0.15) is 0 Å². The van der Waals surface area contributed by atoms with Crippen LogP contribution in [-0.2, 0) is 4.79 Å². The predicted octanol–water partition coefficient (Wildman–Crippen LogP) is 2.51. The molecule has 0 saturated carbocycles. The molecule has 3 nitrogen and oxygen atoms in total. The fourth-order valence-corrected chi connectivity index (χ4v) is 1.39. The number of hydrogen-bond donors (Lipinski definition) is 1. The first kappa shape index (κ1) is 11.1. The van der Waals surface area contributed by atoms with Gasteiger partial charge in [-0.3, -0.25) is 4.79 Å². The standard InChI is InChI=1S/C8H3BrClFO3/c9-4-1-3(7(12)8(13)14)5(10)2-6(4)11/h1-2H,(H,13,14). The van der Waals surface area contributed by atoms with E-state index in [-0.39, 0.29) is 15.1 Å². The van der Waals surface area contributed by atoms with Gasteiger partial charge in [0, 0.05) is 5.56 Å². The summed E-state index contributed by atoms with van der Waals surface area (Å²) < 4.78 is 12.8. The molecule has 0 aliphatic carbocycles. The molecule has 0 fully saturated rings. The number of aliphatic carboxylic acids is 1. The second kappa shape index (κ2) is 4.06. The molecule has 14 heavy (non-hydrogen) atoms. The van der Waals surface area contributed by atoms with Gasteiger partial charge in [0.05, 0.1) is 9.50 Å². The molecule has 0 aliphatic rings. The van der Waals surface area contributed by atoms with Crippen LogP contribution < -0.4 is 0 Å². The molecule has 1 aromatic rings. The number of rotatable bonds is 2. The molecular formula is C8H3BrClFO3. The van der Waals surface area contributed by atoms with Gasteiger partial charge in [-0.25, -0.2) is 9.18 Å². The molecular weight excluding hydrogens is 278 g/mol. The summed E-state index contributed by atoms with van der Waals surface area (Å²) in [6.45, 7) is 0. The van der Waals surface area contributed by atoms with Gasteiger partial charge >= 0.3 is 5.97 Å². The summed E-state index contributed by atoms with van der Waals surface area (Å²) in [6.07, 6.45) is 0. The minimum atomic E-state index is -1.63. The number of hydrogen-bond acceptors (Lipinski definition) is 2. The van der Waals surface area contributed by atoms with Crippen LogP contribution in [0.25, 0.3) is 0 Å². The molecule has 0 bridgehead atoms. The highest BCUT2D eigenvalue weighted by molar-refractivity contribution is 9.10. The van der Waals surface area contributed by atoms with Gasteiger partial charge in [0.2, 0.25) is 0 Å². The highest BCUT2D eigenvalue weighted by atomic mass is 79.9. The Morgan fingerprint density at radius 3 is 2.50 bits per heavy atom. The fourth-order valence-electron chi connectivity index (χ4n) is 0.812. The van der Waals surface area contributed by atoms with Crippen molar-refractivity contribution in [2.24, 2.45) is 0 Å². The molecule has 1 aromatic carbocycles. The van der Waals surface area contributed by atoms with Crippen LogP contribution >= 0.6 is 27.5 Å². The lowest BCUT2D eigenvalue weighted by Crippen LogP contribution is -2.13. The van der Waals surface area contributed by atoms with Gasteiger partial charge in [-0.15, -0.1) is 0 Å². The summed E-state index contributed by atoms with van der Waals surface area (Å²) >= 11 is 8.31. The summed E-state index contributed by atoms with van der Waals surface area (Å²) in [6, 6.07) is 1.91. The lowest BCUT2D eigenvalue weighted by Gasteiger charge is -2.01. The molecule has 0 radical (unpaired) electrons. The van der Waals surface area contributed by atoms with Gasteiger partial charge < -0.3 is 5.11 Å². The van der Waals surface area contributed by atoms with Crippen molar-refractivity contribution in [3.05, 3.63) is 33.0 Å². The van der Waals surface area contributed by atoms with Crippen molar-refractivity contribution in [3.8, 4) is 0 Å². The van der Waals surface area contributed by atoms with Crippen LogP contribution in [0.15, 0.2) is 16.6 Å². The highest BCUT2D eigenvalue weighted by Gasteiger charge is 2.19. The Bertz CT molecular complexity index is 419. The SMILES string of the molecule is O=C(O)C(=O)c1cc(Br)c(F)cc1Cl. The molecule has 0 aliphatic heterocycles. The third-order valence-corrected chi connectivity index (χ3v) is 2.37. The van der Waals surface area contributed by atoms with Crippen molar-refractivity contribution >= 4 is 39.3 Å². The first-order valence-corrected chi connectivity index (χ1v) is 4.52. The zero-order chi connectivity index (χ0) is 10.9. The predicted molar refractivity (Wildman–Crippen MR) is 51.1 cm³/mol. The van der Waals surface area contributed by atoms with E-state index in [4.69, 9.17) is 16.7 Å². The van der Waals surface area contributed by atoms with Crippen LogP contribution in [0.4, 0.5) is 4.39 Å². The summed E-state index contributed by atoms with van der Waals surface area (Å²) in [5.41, 5.74) is -0.243. The summed E-state index contributed by atoms with van der Waals surface area (Å²) in [4.78, 5) is 21.3.